The standard InChI is InChI=1S/C22H32O6.C7H6O2/c1-10-15(24)7-12-6-14-13-9-27-16(13)8-17(25)22(14,5)20(26)19(28-11(2)23)18(10)21(12,3)4;8-7(9)6-4-2-1-3-5-6/h12-17,19,24-25H,6-9H2,1-5H3;1-5H,(H,8,9)/t12-,13+,14?,15+,16-,17+,19-,22?;/m1./s1. The van der Waals surface area contributed by atoms with E-state index in [-0.39, 0.29) is 35.1 Å². The molecule has 37 heavy (non-hydrogen) atoms. The number of hydrogen-bond acceptors (Lipinski definition) is 7. The van der Waals surface area contributed by atoms with Gasteiger partial charge < -0.3 is 24.8 Å². The lowest BCUT2D eigenvalue weighted by molar-refractivity contribution is -0.231. The molecule has 3 fully saturated rings. The number of benzene rings is 1. The molecule has 0 amide bonds. The molecule has 4 aliphatic rings. The summed E-state index contributed by atoms with van der Waals surface area (Å²) in [4.78, 5) is 36.1. The van der Waals surface area contributed by atoms with E-state index in [0.717, 1.165) is 17.6 Å². The second-order valence-corrected chi connectivity index (χ2v) is 11.7. The molecule has 202 valence electrons. The number of aliphatic hydroxyl groups excluding tert-OH is 2. The van der Waals surface area contributed by atoms with Gasteiger partial charge in [-0.2, -0.15) is 0 Å². The Labute approximate surface area is 217 Å². The van der Waals surface area contributed by atoms with Crippen molar-refractivity contribution in [3.8, 4) is 0 Å². The van der Waals surface area contributed by atoms with Crippen molar-refractivity contribution in [3.05, 3.63) is 47.0 Å². The van der Waals surface area contributed by atoms with Gasteiger partial charge in [0.15, 0.2) is 11.9 Å². The summed E-state index contributed by atoms with van der Waals surface area (Å²) in [5.41, 5.74) is 0.391. The fourth-order valence-corrected chi connectivity index (χ4v) is 7.05. The Hall–Kier alpha value is -2.55. The van der Waals surface area contributed by atoms with Crippen molar-refractivity contribution >= 4 is 17.7 Å². The van der Waals surface area contributed by atoms with Gasteiger partial charge in [0.25, 0.3) is 0 Å². The zero-order chi connectivity index (χ0) is 27.3. The first-order valence-corrected chi connectivity index (χ1v) is 13.0. The fraction of sp³-hybridized carbons (Fsp3) is 0.621. The van der Waals surface area contributed by atoms with E-state index in [1.54, 1.807) is 30.3 Å². The minimum atomic E-state index is -1.06. The van der Waals surface area contributed by atoms with Gasteiger partial charge >= 0.3 is 11.9 Å². The predicted molar refractivity (Wildman–Crippen MR) is 135 cm³/mol. The third-order valence-electron chi connectivity index (χ3n) is 9.44. The summed E-state index contributed by atoms with van der Waals surface area (Å²) < 4.78 is 11.3. The SMILES string of the molecule is CC(=O)O[C@H]1C(=O)C2(C)C(C[C@@H]3C[C@H](O)C(C)=C1C3(C)C)[C@@H]1CO[C@@H]1C[C@@H]2O.O=C(O)c1ccccc1. The average molecular weight is 515 g/mol. The van der Waals surface area contributed by atoms with Gasteiger partial charge in [0, 0.05) is 19.3 Å². The topological polar surface area (TPSA) is 130 Å². The number of hydrogen-bond donors (Lipinski definition) is 3. The summed E-state index contributed by atoms with van der Waals surface area (Å²) in [7, 11) is 0. The van der Waals surface area contributed by atoms with Crippen LogP contribution >= 0.6 is 0 Å². The lowest BCUT2D eigenvalue weighted by atomic mass is 9.48. The third kappa shape index (κ3) is 4.64. The Morgan fingerprint density at radius 1 is 1.05 bits per heavy atom. The minimum Gasteiger partial charge on any atom is -0.478 e. The first-order valence-electron chi connectivity index (χ1n) is 13.0. The van der Waals surface area contributed by atoms with E-state index in [1.807, 2.05) is 13.8 Å². The molecule has 2 unspecified atom stereocenters. The molecule has 0 aromatic heterocycles. The van der Waals surface area contributed by atoms with Gasteiger partial charge in [-0.15, -0.1) is 0 Å². The molecule has 1 aromatic carbocycles. The van der Waals surface area contributed by atoms with Crippen LogP contribution in [-0.4, -0.2) is 64.1 Å². The van der Waals surface area contributed by atoms with Crippen LogP contribution in [0.3, 0.4) is 0 Å². The molecule has 2 bridgehead atoms. The zero-order valence-electron chi connectivity index (χ0n) is 22.1. The molecule has 8 heteroatoms. The molecule has 2 saturated carbocycles. The molecular weight excluding hydrogens is 476 g/mol. The van der Waals surface area contributed by atoms with Crippen LogP contribution in [0.2, 0.25) is 0 Å². The van der Waals surface area contributed by atoms with Crippen LogP contribution in [0.5, 0.6) is 0 Å². The number of aliphatic hydroxyl groups is 2. The highest BCUT2D eigenvalue weighted by Gasteiger charge is 2.64. The second-order valence-electron chi connectivity index (χ2n) is 11.7. The molecule has 0 radical (unpaired) electrons. The van der Waals surface area contributed by atoms with Crippen molar-refractivity contribution in [2.75, 3.05) is 6.61 Å². The molecule has 3 N–H and O–H groups in total. The van der Waals surface area contributed by atoms with Gasteiger partial charge in [0.05, 0.1) is 35.9 Å². The molecule has 1 heterocycles. The minimum absolute atomic E-state index is 0.0131. The van der Waals surface area contributed by atoms with Gasteiger partial charge in [0.2, 0.25) is 0 Å². The van der Waals surface area contributed by atoms with Gasteiger partial charge in [-0.25, -0.2) is 4.79 Å². The molecule has 1 aliphatic heterocycles. The van der Waals surface area contributed by atoms with Crippen molar-refractivity contribution in [3.63, 3.8) is 0 Å². The summed E-state index contributed by atoms with van der Waals surface area (Å²) >= 11 is 0. The molecule has 3 aliphatic carbocycles. The predicted octanol–water partition coefficient (Wildman–Crippen LogP) is 3.40. The van der Waals surface area contributed by atoms with Crippen LogP contribution in [0.4, 0.5) is 0 Å². The van der Waals surface area contributed by atoms with Crippen LogP contribution in [0.25, 0.3) is 0 Å². The average Bonchev–Trinajstić information content (AvgIpc) is 2.82. The van der Waals surface area contributed by atoms with E-state index in [9.17, 15) is 24.6 Å². The number of aromatic carboxylic acids is 1. The number of Topliss-reactive ketones (excluding diaryl/α,β-unsaturated/α-hetero) is 1. The molecule has 8 atom stereocenters. The third-order valence-corrected chi connectivity index (χ3v) is 9.44. The zero-order valence-corrected chi connectivity index (χ0v) is 22.1. The smallest absolute Gasteiger partial charge is 0.335 e. The van der Waals surface area contributed by atoms with Gasteiger partial charge in [0.1, 0.15) is 0 Å². The first kappa shape index (κ1) is 27.5. The molecule has 5 rings (SSSR count). The van der Waals surface area contributed by atoms with Crippen LogP contribution in [0.15, 0.2) is 41.5 Å². The summed E-state index contributed by atoms with van der Waals surface area (Å²) in [5.74, 6) is -1.35. The summed E-state index contributed by atoms with van der Waals surface area (Å²) in [5, 5.41) is 30.1. The molecule has 1 saturated heterocycles. The summed E-state index contributed by atoms with van der Waals surface area (Å²) in [6, 6.07) is 8.30. The highest BCUT2D eigenvalue weighted by molar-refractivity contribution is 5.94. The Balaban J connectivity index is 0.000000301. The number of ketones is 1. The van der Waals surface area contributed by atoms with E-state index in [0.29, 0.717) is 25.0 Å². The highest BCUT2D eigenvalue weighted by atomic mass is 16.5. The van der Waals surface area contributed by atoms with Crippen molar-refractivity contribution in [2.24, 2.45) is 28.6 Å². The molecule has 8 nitrogen and oxygen atoms in total. The summed E-state index contributed by atoms with van der Waals surface area (Å²) in [6.45, 7) is 9.75. The van der Waals surface area contributed by atoms with Gasteiger partial charge in [-0.1, -0.05) is 32.0 Å². The Bertz CT molecular complexity index is 1090. The molecule has 0 spiro atoms. The maximum atomic E-state index is 13.9. The normalized spacial score (nSPS) is 37.9. The van der Waals surface area contributed by atoms with Crippen LogP contribution in [-0.2, 0) is 19.1 Å². The number of ether oxygens (including phenoxy) is 2. The lowest BCUT2D eigenvalue weighted by Crippen LogP contribution is -2.66. The van der Waals surface area contributed by atoms with E-state index >= 15 is 0 Å². The molecular formula is C29H38O8. The number of fused-ring (bicyclic) bond motifs is 5. The first-order chi connectivity index (χ1) is 17.3. The Morgan fingerprint density at radius 3 is 2.22 bits per heavy atom. The van der Waals surface area contributed by atoms with Crippen molar-refractivity contribution < 1.29 is 39.2 Å². The lowest BCUT2D eigenvalue weighted by Gasteiger charge is -2.60. The van der Waals surface area contributed by atoms with E-state index < -0.39 is 35.7 Å². The van der Waals surface area contributed by atoms with Crippen molar-refractivity contribution in [1.29, 1.82) is 0 Å². The number of carboxylic acids is 1. The van der Waals surface area contributed by atoms with Crippen LogP contribution < -0.4 is 0 Å². The fourth-order valence-electron chi connectivity index (χ4n) is 7.05. The van der Waals surface area contributed by atoms with Gasteiger partial charge in [-0.3, -0.25) is 9.59 Å². The largest absolute Gasteiger partial charge is 0.478 e. The maximum Gasteiger partial charge on any atom is 0.335 e. The van der Waals surface area contributed by atoms with Gasteiger partial charge in [-0.05, 0) is 67.2 Å². The number of carbonyl (C=O) groups excluding carboxylic acids is 2. The Kier molecular flexibility index (Phi) is 7.40. The van der Waals surface area contributed by atoms with E-state index in [1.165, 1.54) is 6.92 Å². The Morgan fingerprint density at radius 2 is 1.70 bits per heavy atom. The number of carbonyl (C=O) groups is 3. The highest BCUT2D eigenvalue weighted by Crippen LogP contribution is 2.60. The van der Waals surface area contributed by atoms with E-state index in [2.05, 4.69) is 13.8 Å². The quantitative estimate of drug-likeness (QED) is 0.404. The van der Waals surface area contributed by atoms with Crippen LogP contribution in [0.1, 0.15) is 64.2 Å². The number of rotatable bonds is 2. The van der Waals surface area contributed by atoms with Crippen molar-refractivity contribution in [1.82, 2.24) is 0 Å². The maximum absolute atomic E-state index is 13.9. The van der Waals surface area contributed by atoms with Crippen molar-refractivity contribution in [2.45, 2.75) is 78.3 Å². The second kappa shape index (κ2) is 9.97. The van der Waals surface area contributed by atoms with Crippen LogP contribution in [0, 0.1) is 28.6 Å². The summed E-state index contributed by atoms with van der Waals surface area (Å²) in [6.07, 6.45) is -0.763. The van der Waals surface area contributed by atoms with E-state index in [4.69, 9.17) is 14.6 Å². The number of esters is 1. The monoisotopic (exact) mass is 514 g/mol. The number of carboxylic acid groups (broad SMARTS) is 1. The molecule has 1 aromatic rings.